The van der Waals surface area contributed by atoms with Gasteiger partial charge in [0.05, 0.1) is 27.9 Å². The van der Waals surface area contributed by atoms with E-state index >= 15 is 0 Å². The van der Waals surface area contributed by atoms with Crippen molar-refractivity contribution in [2.75, 3.05) is 62.6 Å². The molecule has 39 heavy (non-hydrogen) atoms. The molecule has 0 unspecified atom stereocenters. The van der Waals surface area contributed by atoms with Crippen molar-refractivity contribution in [1.29, 1.82) is 0 Å². The summed E-state index contributed by atoms with van der Waals surface area (Å²) in [7, 11) is -0.538. The van der Waals surface area contributed by atoms with Gasteiger partial charge in [0, 0.05) is 51.9 Å². The maximum absolute atomic E-state index is 13.0. The first-order valence-corrected chi connectivity index (χ1v) is 14.9. The van der Waals surface area contributed by atoms with E-state index < -0.39 is 10.0 Å². The second-order valence-corrected chi connectivity index (χ2v) is 12.2. The van der Waals surface area contributed by atoms with Gasteiger partial charge in [-0.2, -0.15) is 0 Å². The molecule has 9 nitrogen and oxygen atoms in total. The van der Waals surface area contributed by atoms with Crippen LogP contribution in [0.15, 0.2) is 77.7 Å². The van der Waals surface area contributed by atoms with Gasteiger partial charge in [0.1, 0.15) is 5.75 Å². The molecule has 1 saturated heterocycles. The number of carbonyl (C=O) groups is 1. The molecule has 0 radical (unpaired) electrons. The van der Waals surface area contributed by atoms with Crippen LogP contribution in [0.4, 0.5) is 10.8 Å². The quantitative estimate of drug-likeness (QED) is 0.331. The predicted molar refractivity (Wildman–Crippen MR) is 156 cm³/mol. The van der Waals surface area contributed by atoms with Crippen molar-refractivity contribution in [3.05, 3.63) is 78.4 Å². The van der Waals surface area contributed by atoms with Gasteiger partial charge in [-0.05, 0) is 54.6 Å². The van der Waals surface area contributed by atoms with Crippen molar-refractivity contribution in [2.24, 2.45) is 0 Å². The van der Waals surface area contributed by atoms with Gasteiger partial charge in [0.2, 0.25) is 0 Å². The third-order valence-electron chi connectivity index (χ3n) is 6.84. The van der Waals surface area contributed by atoms with Crippen molar-refractivity contribution < 1.29 is 17.9 Å². The van der Waals surface area contributed by atoms with Crippen molar-refractivity contribution >= 4 is 48.3 Å². The van der Waals surface area contributed by atoms with Crippen LogP contribution in [0.25, 0.3) is 10.2 Å². The molecular weight excluding hydrogens is 534 g/mol. The number of ether oxygens (including phenoxy) is 1. The van der Waals surface area contributed by atoms with Gasteiger partial charge < -0.3 is 15.0 Å². The highest BCUT2D eigenvalue weighted by Gasteiger charge is 2.22. The van der Waals surface area contributed by atoms with E-state index in [4.69, 9.17) is 9.72 Å². The molecule has 1 N–H and O–H groups in total. The number of piperazine rings is 1. The summed E-state index contributed by atoms with van der Waals surface area (Å²) in [4.78, 5) is 22.2. The Kier molecular flexibility index (Phi) is 8.01. The lowest BCUT2D eigenvalue weighted by atomic mass is 10.2. The SMILES string of the molecule is COc1ccc2nc(N3CCN(CCNC(=O)c4ccc(S(=O)(=O)N(C)c5ccccc5)cc4)CC3)sc2c1. The Labute approximate surface area is 232 Å². The Hall–Kier alpha value is -3.67. The molecule has 0 bridgehead atoms. The van der Waals surface area contributed by atoms with Gasteiger partial charge in [0.25, 0.3) is 15.9 Å². The summed E-state index contributed by atoms with van der Waals surface area (Å²) in [5, 5.41) is 3.97. The zero-order valence-corrected chi connectivity index (χ0v) is 23.5. The summed E-state index contributed by atoms with van der Waals surface area (Å²) < 4.78 is 33.6. The summed E-state index contributed by atoms with van der Waals surface area (Å²) in [6, 6.07) is 20.9. The van der Waals surface area contributed by atoms with Crippen LogP contribution in [-0.2, 0) is 10.0 Å². The average molecular weight is 566 g/mol. The minimum atomic E-state index is -3.72. The van der Waals surface area contributed by atoms with E-state index in [2.05, 4.69) is 15.1 Å². The van der Waals surface area contributed by atoms with Crippen molar-refractivity contribution in [3.63, 3.8) is 0 Å². The number of carbonyl (C=O) groups excluding carboxylic acids is 1. The maximum Gasteiger partial charge on any atom is 0.264 e. The molecule has 11 heteroatoms. The Morgan fingerprint density at radius 1 is 1.03 bits per heavy atom. The molecule has 4 aromatic rings. The Morgan fingerprint density at radius 2 is 1.74 bits per heavy atom. The van der Waals surface area contributed by atoms with E-state index in [0.717, 1.165) is 53.8 Å². The number of rotatable bonds is 9. The number of amides is 1. The number of methoxy groups -OCH3 is 1. The van der Waals surface area contributed by atoms with E-state index in [1.54, 1.807) is 54.8 Å². The molecule has 204 valence electrons. The smallest absolute Gasteiger partial charge is 0.264 e. The molecule has 5 rings (SSSR count). The average Bonchev–Trinajstić information content (AvgIpc) is 3.41. The van der Waals surface area contributed by atoms with Gasteiger partial charge >= 0.3 is 0 Å². The van der Waals surface area contributed by atoms with Crippen LogP contribution in [0.5, 0.6) is 5.75 Å². The maximum atomic E-state index is 13.0. The number of anilines is 2. The summed E-state index contributed by atoms with van der Waals surface area (Å²) in [5.41, 5.74) is 1.98. The molecule has 0 saturated carbocycles. The molecular formula is C28H31N5O4S2. The summed E-state index contributed by atoms with van der Waals surface area (Å²) >= 11 is 1.68. The van der Waals surface area contributed by atoms with Gasteiger partial charge in [-0.15, -0.1) is 0 Å². The van der Waals surface area contributed by atoms with Gasteiger partial charge in [0.15, 0.2) is 5.13 Å². The van der Waals surface area contributed by atoms with Crippen LogP contribution in [0.1, 0.15) is 10.4 Å². The standard InChI is InChI=1S/C28H31N5O4S2/c1-31(22-6-4-3-5-7-22)39(35,36)24-11-8-21(9-12-24)27(34)29-14-15-32-16-18-33(19-17-32)28-30-25-13-10-23(37-2)20-26(25)38-28/h3-13,20H,14-19H2,1-2H3,(H,29,34). The van der Waals surface area contributed by atoms with Gasteiger partial charge in [-0.25, -0.2) is 13.4 Å². The second kappa shape index (κ2) is 11.6. The number of sulfonamides is 1. The Morgan fingerprint density at radius 3 is 2.44 bits per heavy atom. The fourth-order valence-electron chi connectivity index (χ4n) is 4.46. The fourth-order valence-corrected chi connectivity index (χ4v) is 6.70. The number of hydrogen-bond donors (Lipinski definition) is 1. The number of nitrogens with one attached hydrogen (secondary N) is 1. The van der Waals surface area contributed by atoms with Gasteiger partial charge in [-0.1, -0.05) is 29.5 Å². The highest BCUT2D eigenvalue weighted by Crippen LogP contribution is 2.31. The van der Waals surface area contributed by atoms with E-state index in [-0.39, 0.29) is 10.8 Å². The summed E-state index contributed by atoms with van der Waals surface area (Å²) in [6.07, 6.45) is 0. The highest BCUT2D eigenvalue weighted by atomic mass is 32.2. The number of aromatic nitrogens is 1. The Balaban J connectivity index is 1.09. The number of para-hydroxylation sites is 1. The zero-order valence-electron chi connectivity index (χ0n) is 21.9. The molecule has 0 atom stereocenters. The number of benzene rings is 3. The van der Waals surface area contributed by atoms with Crippen LogP contribution in [0.2, 0.25) is 0 Å². The molecule has 1 aliphatic rings. The normalized spacial score (nSPS) is 14.4. The minimum Gasteiger partial charge on any atom is -0.497 e. The van der Waals surface area contributed by atoms with Crippen LogP contribution in [-0.4, -0.2) is 77.6 Å². The molecule has 0 spiro atoms. The highest BCUT2D eigenvalue weighted by molar-refractivity contribution is 7.92. The van der Waals surface area contributed by atoms with Crippen molar-refractivity contribution in [2.45, 2.75) is 4.90 Å². The lowest BCUT2D eigenvalue weighted by Crippen LogP contribution is -2.48. The summed E-state index contributed by atoms with van der Waals surface area (Å²) in [5.74, 6) is 0.611. The molecule has 1 fully saturated rings. The number of fused-ring (bicyclic) bond motifs is 1. The van der Waals surface area contributed by atoms with Crippen LogP contribution >= 0.6 is 11.3 Å². The number of nitrogens with zero attached hydrogens (tertiary/aromatic N) is 4. The lowest BCUT2D eigenvalue weighted by molar-refractivity contribution is 0.0947. The van der Waals surface area contributed by atoms with E-state index in [1.807, 2.05) is 24.3 Å². The predicted octanol–water partition coefficient (Wildman–Crippen LogP) is 3.68. The molecule has 2 heterocycles. The third kappa shape index (κ3) is 6.00. The van der Waals surface area contributed by atoms with E-state index in [0.29, 0.717) is 17.8 Å². The van der Waals surface area contributed by atoms with Crippen LogP contribution in [0.3, 0.4) is 0 Å². The molecule has 1 aromatic heterocycles. The van der Waals surface area contributed by atoms with Crippen LogP contribution in [0, 0.1) is 0 Å². The van der Waals surface area contributed by atoms with E-state index in [9.17, 15) is 13.2 Å². The molecule has 3 aromatic carbocycles. The largest absolute Gasteiger partial charge is 0.497 e. The molecule has 1 amide bonds. The monoisotopic (exact) mass is 565 g/mol. The van der Waals surface area contributed by atoms with Crippen molar-refractivity contribution in [3.8, 4) is 5.75 Å². The minimum absolute atomic E-state index is 0.135. The molecule has 1 aliphatic heterocycles. The first-order valence-electron chi connectivity index (χ1n) is 12.7. The Bertz CT molecular complexity index is 1530. The topological polar surface area (TPSA) is 95.1 Å². The summed E-state index contributed by atoms with van der Waals surface area (Å²) in [6.45, 7) is 4.77. The lowest BCUT2D eigenvalue weighted by Gasteiger charge is -2.34. The van der Waals surface area contributed by atoms with Crippen molar-refractivity contribution in [1.82, 2.24) is 15.2 Å². The molecule has 0 aliphatic carbocycles. The van der Waals surface area contributed by atoms with Crippen LogP contribution < -0.4 is 19.3 Å². The first kappa shape index (κ1) is 26.9. The number of thiazole rings is 1. The van der Waals surface area contributed by atoms with E-state index in [1.165, 1.54) is 23.5 Å². The zero-order chi connectivity index (χ0) is 27.4. The van der Waals surface area contributed by atoms with Gasteiger partial charge in [-0.3, -0.25) is 14.0 Å². The first-order chi connectivity index (χ1) is 18.8. The number of hydrogen-bond acceptors (Lipinski definition) is 8. The third-order valence-corrected chi connectivity index (χ3v) is 9.71. The second-order valence-electron chi connectivity index (χ2n) is 9.25. The fraction of sp³-hybridized carbons (Fsp3) is 0.286.